The Morgan fingerprint density at radius 3 is 2.65 bits per heavy atom. The van der Waals surface area contributed by atoms with Crippen LogP contribution >= 0.6 is 0 Å². The first-order valence-electron chi connectivity index (χ1n) is 7.65. The summed E-state index contributed by atoms with van der Waals surface area (Å²) in [6.07, 6.45) is 5.71. The lowest BCUT2D eigenvalue weighted by molar-refractivity contribution is -0.121. The van der Waals surface area contributed by atoms with Crippen molar-refractivity contribution in [2.24, 2.45) is 17.8 Å². The second kappa shape index (κ2) is 5.55. The van der Waals surface area contributed by atoms with E-state index in [-0.39, 0.29) is 17.8 Å². The van der Waals surface area contributed by atoms with Gasteiger partial charge in [0.15, 0.2) is 0 Å². The van der Waals surface area contributed by atoms with Crippen molar-refractivity contribution in [1.29, 1.82) is 0 Å². The Morgan fingerprint density at radius 1 is 1.30 bits per heavy atom. The maximum atomic E-state index is 12.8. The zero-order valence-corrected chi connectivity index (χ0v) is 11.9. The zero-order chi connectivity index (χ0) is 14.1. The summed E-state index contributed by atoms with van der Waals surface area (Å²) in [5, 5.41) is 3.14. The van der Waals surface area contributed by atoms with Gasteiger partial charge < -0.3 is 5.32 Å². The third-order valence-electron chi connectivity index (χ3n) is 5.10. The maximum Gasteiger partial charge on any atom is 0.224 e. The molecule has 2 aliphatic rings. The van der Waals surface area contributed by atoms with Gasteiger partial charge in [-0.25, -0.2) is 4.39 Å². The molecule has 2 fully saturated rings. The van der Waals surface area contributed by atoms with Gasteiger partial charge in [0, 0.05) is 6.04 Å². The molecule has 0 heterocycles. The summed E-state index contributed by atoms with van der Waals surface area (Å²) in [7, 11) is 0. The Labute approximate surface area is 119 Å². The van der Waals surface area contributed by atoms with E-state index < -0.39 is 0 Å². The van der Waals surface area contributed by atoms with Crippen molar-refractivity contribution < 1.29 is 9.18 Å². The van der Waals surface area contributed by atoms with Crippen molar-refractivity contribution in [3.8, 4) is 0 Å². The molecule has 0 aromatic heterocycles. The first-order valence-corrected chi connectivity index (χ1v) is 7.65. The summed E-state index contributed by atoms with van der Waals surface area (Å²) in [6, 6.07) is 6.43. The summed E-state index contributed by atoms with van der Waals surface area (Å²) in [5.41, 5.74) is 0.865. The highest BCUT2D eigenvalue weighted by atomic mass is 19.1. The van der Waals surface area contributed by atoms with E-state index in [2.05, 4.69) is 12.2 Å². The Bertz CT molecular complexity index is 484. The molecule has 1 amide bonds. The molecule has 2 saturated carbocycles. The zero-order valence-electron chi connectivity index (χ0n) is 11.9. The average Bonchev–Trinajstić information content (AvgIpc) is 3.03. The van der Waals surface area contributed by atoms with Crippen LogP contribution in [0.15, 0.2) is 24.3 Å². The van der Waals surface area contributed by atoms with Crippen molar-refractivity contribution in [1.82, 2.24) is 5.32 Å². The fraction of sp³-hybridized carbons (Fsp3) is 0.588. The van der Waals surface area contributed by atoms with Crippen LogP contribution in [0, 0.1) is 23.6 Å². The van der Waals surface area contributed by atoms with E-state index >= 15 is 0 Å². The Morgan fingerprint density at radius 2 is 2.05 bits per heavy atom. The average molecular weight is 275 g/mol. The van der Waals surface area contributed by atoms with Crippen LogP contribution in [0.4, 0.5) is 4.39 Å². The number of nitrogens with one attached hydrogen (secondary N) is 1. The second-order valence-electron chi connectivity index (χ2n) is 6.50. The topological polar surface area (TPSA) is 29.1 Å². The van der Waals surface area contributed by atoms with Crippen LogP contribution in [0.1, 0.15) is 38.2 Å². The largest absolute Gasteiger partial charge is 0.353 e. The van der Waals surface area contributed by atoms with Gasteiger partial charge in [-0.1, -0.05) is 18.6 Å². The molecule has 3 heteroatoms. The predicted molar refractivity (Wildman–Crippen MR) is 76.6 cm³/mol. The SMILES string of the molecule is C[C@@H](NC(=O)Cc1ccc(F)cc1)[C@H]1C[C@@H]2CC[C@@H]1C2. The summed E-state index contributed by atoms with van der Waals surface area (Å²) >= 11 is 0. The normalized spacial score (nSPS) is 29.4. The van der Waals surface area contributed by atoms with Gasteiger partial charge in [0.2, 0.25) is 5.91 Å². The van der Waals surface area contributed by atoms with E-state index in [1.807, 2.05) is 0 Å². The van der Waals surface area contributed by atoms with Crippen molar-refractivity contribution in [3.63, 3.8) is 0 Å². The van der Waals surface area contributed by atoms with Gasteiger partial charge in [0.25, 0.3) is 0 Å². The molecule has 4 atom stereocenters. The Kier molecular flexibility index (Phi) is 3.77. The Balaban J connectivity index is 1.52. The van der Waals surface area contributed by atoms with E-state index in [1.165, 1.54) is 37.8 Å². The number of hydrogen-bond acceptors (Lipinski definition) is 1. The quantitative estimate of drug-likeness (QED) is 0.897. The number of carbonyl (C=O) groups is 1. The maximum absolute atomic E-state index is 12.8. The summed E-state index contributed by atoms with van der Waals surface area (Å²) < 4.78 is 12.8. The molecule has 2 nitrogen and oxygen atoms in total. The highest BCUT2D eigenvalue weighted by Gasteiger charge is 2.42. The standard InChI is InChI=1S/C17H22FNO/c1-11(16-9-13-2-5-14(16)8-13)19-17(20)10-12-3-6-15(18)7-4-12/h3-4,6-7,11,13-14,16H,2,5,8-10H2,1H3,(H,19,20)/t11-,13-,14-,16-/m1/s1. The summed E-state index contributed by atoms with van der Waals surface area (Å²) in [4.78, 5) is 12.1. The number of benzene rings is 1. The minimum Gasteiger partial charge on any atom is -0.353 e. The molecule has 3 rings (SSSR count). The van der Waals surface area contributed by atoms with Gasteiger partial charge >= 0.3 is 0 Å². The van der Waals surface area contributed by atoms with Crippen LogP contribution in [0.5, 0.6) is 0 Å². The van der Waals surface area contributed by atoms with Gasteiger partial charge in [0.1, 0.15) is 5.82 Å². The number of carbonyl (C=O) groups excluding carboxylic acids is 1. The molecule has 0 unspecified atom stereocenters. The number of halogens is 1. The lowest BCUT2D eigenvalue weighted by atomic mass is 9.84. The van der Waals surface area contributed by atoms with Gasteiger partial charge in [-0.15, -0.1) is 0 Å². The van der Waals surface area contributed by atoms with Crippen molar-refractivity contribution in [2.75, 3.05) is 0 Å². The highest BCUT2D eigenvalue weighted by molar-refractivity contribution is 5.78. The van der Waals surface area contributed by atoms with Gasteiger partial charge in [0.05, 0.1) is 6.42 Å². The molecule has 20 heavy (non-hydrogen) atoms. The second-order valence-corrected chi connectivity index (χ2v) is 6.50. The number of fused-ring (bicyclic) bond motifs is 2. The third-order valence-corrected chi connectivity index (χ3v) is 5.10. The fourth-order valence-corrected chi connectivity index (χ4v) is 4.11. The minimum atomic E-state index is -0.260. The lowest BCUT2D eigenvalue weighted by Crippen LogP contribution is -2.40. The van der Waals surface area contributed by atoms with E-state index in [9.17, 15) is 9.18 Å². The molecule has 108 valence electrons. The van der Waals surface area contributed by atoms with Crippen LogP contribution in [0.25, 0.3) is 0 Å². The van der Waals surface area contributed by atoms with E-state index in [1.54, 1.807) is 12.1 Å². The monoisotopic (exact) mass is 275 g/mol. The molecule has 1 aromatic carbocycles. The number of rotatable bonds is 4. The predicted octanol–water partition coefficient (Wildman–Crippen LogP) is 3.31. The van der Waals surface area contributed by atoms with Crippen LogP contribution in [0.3, 0.4) is 0 Å². The smallest absolute Gasteiger partial charge is 0.224 e. The molecule has 1 aromatic rings. The fourth-order valence-electron chi connectivity index (χ4n) is 4.11. The van der Waals surface area contributed by atoms with Gasteiger partial charge in [-0.2, -0.15) is 0 Å². The third kappa shape index (κ3) is 2.87. The first kappa shape index (κ1) is 13.6. The molecule has 0 radical (unpaired) electrons. The molecule has 1 N–H and O–H groups in total. The van der Waals surface area contributed by atoms with Crippen LogP contribution < -0.4 is 5.32 Å². The number of amides is 1. The molecular formula is C17H22FNO. The van der Waals surface area contributed by atoms with Crippen LogP contribution in [0.2, 0.25) is 0 Å². The van der Waals surface area contributed by atoms with Gasteiger partial charge in [-0.05, 0) is 61.6 Å². The van der Waals surface area contributed by atoms with E-state index in [0.29, 0.717) is 12.3 Å². The molecule has 0 saturated heterocycles. The van der Waals surface area contributed by atoms with Gasteiger partial charge in [-0.3, -0.25) is 4.79 Å². The highest BCUT2D eigenvalue weighted by Crippen LogP contribution is 2.49. The minimum absolute atomic E-state index is 0.0480. The summed E-state index contributed by atoms with van der Waals surface area (Å²) in [6.45, 7) is 2.13. The molecule has 0 spiro atoms. The first-order chi connectivity index (χ1) is 9.61. The van der Waals surface area contributed by atoms with E-state index in [4.69, 9.17) is 0 Å². The summed E-state index contributed by atoms with van der Waals surface area (Å²) in [5.74, 6) is 2.17. The molecule has 2 aliphatic carbocycles. The Hall–Kier alpha value is -1.38. The van der Waals surface area contributed by atoms with Crippen LogP contribution in [-0.2, 0) is 11.2 Å². The van der Waals surface area contributed by atoms with Crippen LogP contribution in [-0.4, -0.2) is 11.9 Å². The van der Waals surface area contributed by atoms with Crippen molar-refractivity contribution in [2.45, 2.75) is 45.1 Å². The lowest BCUT2D eigenvalue weighted by Gasteiger charge is -2.28. The van der Waals surface area contributed by atoms with Crippen molar-refractivity contribution in [3.05, 3.63) is 35.6 Å². The number of hydrogen-bond donors (Lipinski definition) is 1. The van der Waals surface area contributed by atoms with Crippen molar-refractivity contribution >= 4 is 5.91 Å². The molecule has 2 bridgehead atoms. The van der Waals surface area contributed by atoms with E-state index in [0.717, 1.165) is 17.4 Å². The molecule has 0 aliphatic heterocycles. The molecular weight excluding hydrogens is 253 g/mol.